The molecule has 4 heteroatoms. The Morgan fingerprint density at radius 1 is 0.947 bits per heavy atom. The molecule has 0 N–H and O–H groups in total. The van der Waals surface area contributed by atoms with Crippen molar-refractivity contribution in [2.75, 3.05) is 0 Å². The zero-order valence-corrected chi connectivity index (χ0v) is 14.7. The molecule has 0 fully saturated rings. The maximum absolute atomic E-state index is 6.00. The Morgan fingerprint density at radius 3 is 2.26 bits per heavy atom. The van der Waals surface area contributed by atoms with Crippen LogP contribution in [0.3, 0.4) is 0 Å². The van der Waals surface area contributed by atoms with Gasteiger partial charge in [-0.15, -0.1) is 0 Å². The number of hydrogen-bond donors (Lipinski definition) is 0. The van der Waals surface area contributed by atoms with E-state index in [9.17, 15) is 0 Å². The average molecular weight is 447 g/mol. The highest BCUT2D eigenvalue weighted by molar-refractivity contribution is 9.14. The maximum Gasteiger partial charge on any atom is 0.142 e. The van der Waals surface area contributed by atoms with Crippen molar-refractivity contribution < 1.29 is 4.74 Å². The quantitative estimate of drug-likeness (QED) is 0.396. The summed E-state index contributed by atoms with van der Waals surface area (Å²) in [4.78, 5) is 0. The lowest BCUT2D eigenvalue weighted by Crippen LogP contribution is -2.04. The van der Waals surface area contributed by atoms with Crippen molar-refractivity contribution in [2.24, 2.45) is 0 Å². The predicted molar refractivity (Wildman–Crippen MR) is 89.5 cm³/mol. The molecule has 1 atom stereocenters. The van der Waals surface area contributed by atoms with E-state index >= 15 is 0 Å². The highest BCUT2D eigenvalue weighted by atomic mass is 79.9. The minimum Gasteiger partial charge on any atom is -0.480 e. The van der Waals surface area contributed by atoms with Crippen LogP contribution in [0.15, 0.2) is 68.5 Å². The fourth-order valence-corrected chi connectivity index (χ4v) is 2.99. The summed E-state index contributed by atoms with van der Waals surface area (Å²) in [5, 5.41) is 0. The molecule has 0 heterocycles. The van der Waals surface area contributed by atoms with Gasteiger partial charge >= 0.3 is 0 Å². The van der Waals surface area contributed by atoms with Crippen LogP contribution < -0.4 is 4.74 Å². The van der Waals surface area contributed by atoms with Crippen molar-refractivity contribution in [3.05, 3.63) is 74.1 Å². The molecule has 1 nitrogen and oxygen atoms in total. The first-order valence-electron chi connectivity index (χ1n) is 5.61. The van der Waals surface area contributed by atoms with E-state index < -0.39 is 0 Å². The van der Waals surface area contributed by atoms with Crippen LogP contribution in [-0.2, 0) is 0 Å². The van der Waals surface area contributed by atoms with Gasteiger partial charge in [0.1, 0.15) is 11.9 Å². The summed E-state index contributed by atoms with van der Waals surface area (Å²) in [5.74, 6) is 0.767. The molecule has 0 radical (unpaired) electrons. The van der Waals surface area contributed by atoms with Gasteiger partial charge in [0, 0.05) is 8.95 Å². The lowest BCUT2D eigenvalue weighted by Gasteiger charge is -2.17. The average Bonchev–Trinajstić information content (AvgIpc) is 2.45. The Kier molecular flexibility index (Phi) is 5.25. The molecule has 0 spiro atoms. The van der Waals surface area contributed by atoms with Gasteiger partial charge < -0.3 is 4.74 Å². The molecule has 19 heavy (non-hydrogen) atoms. The molecule has 0 aliphatic rings. The van der Waals surface area contributed by atoms with Crippen molar-refractivity contribution in [3.63, 3.8) is 0 Å². The smallest absolute Gasteiger partial charge is 0.142 e. The van der Waals surface area contributed by atoms with Crippen LogP contribution in [0.5, 0.6) is 5.75 Å². The first-order chi connectivity index (χ1) is 9.13. The second kappa shape index (κ2) is 6.73. The SMILES string of the molecule is C=CC(Oc1ccc(Br)c(Br)c1Br)c1ccccc1. The van der Waals surface area contributed by atoms with Crippen LogP contribution in [-0.4, -0.2) is 0 Å². The van der Waals surface area contributed by atoms with E-state index in [1.54, 1.807) is 6.08 Å². The largest absolute Gasteiger partial charge is 0.480 e. The highest BCUT2D eigenvalue weighted by Crippen LogP contribution is 2.39. The van der Waals surface area contributed by atoms with E-state index in [-0.39, 0.29) is 6.10 Å². The van der Waals surface area contributed by atoms with Crippen molar-refractivity contribution in [2.45, 2.75) is 6.10 Å². The molecule has 0 aliphatic carbocycles. The third-order valence-electron chi connectivity index (χ3n) is 2.60. The molecule has 2 rings (SSSR count). The van der Waals surface area contributed by atoms with Crippen molar-refractivity contribution in [1.82, 2.24) is 0 Å². The Morgan fingerprint density at radius 2 is 1.63 bits per heavy atom. The molecule has 0 amide bonds. The summed E-state index contributed by atoms with van der Waals surface area (Å²) in [7, 11) is 0. The van der Waals surface area contributed by atoms with Gasteiger partial charge in [0.15, 0.2) is 0 Å². The molecular weight excluding hydrogens is 436 g/mol. The molecule has 2 aromatic rings. The first-order valence-corrected chi connectivity index (χ1v) is 7.99. The van der Waals surface area contributed by atoms with E-state index in [4.69, 9.17) is 4.74 Å². The molecule has 2 aromatic carbocycles. The molecule has 0 aliphatic heterocycles. The summed E-state index contributed by atoms with van der Waals surface area (Å²) in [6.45, 7) is 3.84. The Labute approximate surface area is 138 Å². The lowest BCUT2D eigenvalue weighted by atomic mass is 10.1. The van der Waals surface area contributed by atoms with Crippen LogP contribution in [0, 0.1) is 0 Å². The monoisotopic (exact) mass is 444 g/mol. The van der Waals surface area contributed by atoms with Crippen LogP contribution in [0.1, 0.15) is 11.7 Å². The molecule has 0 aromatic heterocycles. The van der Waals surface area contributed by atoms with E-state index in [1.165, 1.54) is 0 Å². The van der Waals surface area contributed by atoms with E-state index in [2.05, 4.69) is 54.4 Å². The van der Waals surface area contributed by atoms with Gasteiger partial charge in [0.2, 0.25) is 0 Å². The Hall–Kier alpha value is -0.580. The number of halogens is 3. The molecule has 0 bridgehead atoms. The number of benzene rings is 2. The third-order valence-corrected chi connectivity index (χ3v) is 5.93. The number of rotatable bonds is 4. The second-order valence-corrected chi connectivity index (χ2v) is 6.30. The zero-order chi connectivity index (χ0) is 13.8. The Balaban J connectivity index is 2.29. The number of hydrogen-bond acceptors (Lipinski definition) is 1. The van der Waals surface area contributed by atoms with Crippen molar-refractivity contribution in [1.29, 1.82) is 0 Å². The van der Waals surface area contributed by atoms with Crippen LogP contribution in [0.4, 0.5) is 0 Å². The standard InChI is InChI=1S/C15H11Br3O/c1-2-12(10-6-4-3-5-7-10)19-13-9-8-11(16)14(17)15(13)18/h2-9,12H,1H2. The molecule has 0 saturated carbocycles. The summed E-state index contributed by atoms with van der Waals surface area (Å²) in [6, 6.07) is 13.9. The van der Waals surface area contributed by atoms with Crippen LogP contribution in [0.25, 0.3) is 0 Å². The Bertz CT molecular complexity index is 581. The van der Waals surface area contributed by atoms with Gasteiger partial charge in [-0.2, -0.15) is 0 Å². The van der Waals surface area contributed by atoms with E-state index in [0.29, 0.717) is 0 Å². The molecule has 1 unspecified atom stereocenters. The third kappa shape index (κ3) is 3.50. The second-order valence-electron chi connectivity index (χ2n) is 3.86. The summed E-state index contributed by atoms with van der Waals surface area (Å²) < 4.78 is 8.78. The van der Waals surface area contributed by atoms with Crippen molar-refractivity contribution in [3.8, 4) is 5.75 Å². The minimum atomic E-state index is -0.175. The fourth-order valence-electron chi connectivity index (χ4n) is 1.63. The van der Waals surface area contributed by atoms with Gasteiger partial charge in [-0.3, -0.25) is 0 Å². The fraction of sp³-hybridized carbons (Fsp3) is 0.0667. The molecular formula is C15H11Br3O. The first kappa shape index (κ1) is 14.8. The van der Waals surface area contributed by atoms with E-state index in [0.717, 1.165) is 24.7 Å². The normalized spacial score (nSPS) is 11.9. The predicted octanol–water partition coefficient (Wildman–Crippen LogP) is 6.28. The van der Waals surface area contributed by atoms with Crippen molar-refractivity contribution >= 4 is 47.8 Å². The minimum absolute atomic E-state index is 0.175. The maximum atomic E-state index is 6.00. The summed E-state index contributed by atoms with van der Waals surface area (Å²) >= 11 is 10.5. The van der Waals surface area contributed by atoms with E-state index in [1.807, 2.05) is 42.5 Å². The van der Waals surface area contributed by atoms with Gasteiger partial charge in [0.25, 0.3) is 0 Å². The summed E-state index contributed by atoms with van der Waals surface area (Å²) in [5.41, 5.74) is 1.07. The topological polar surface area (TPSA) is 9.23 Å². The zero-order valence-electron chi connectivity index (χ0n) is 9.95. The molecule has 98 valence electrons. The number of ether oxygens (including phenoxy) is 1. The lowest BCUT2D eigenvalue weighted by molar-refractivity contribution is 0.254. The van der Waals surface area contributed by atoms with Gasteiger partial charge in [0.05, 0.1) is 4.47 Å². The highest BCUT2D eigenvalue weighted by Gasteiger charge is 2.13. The van der Waals surface area contributed by atoms with Gasteiger partial charge in [-0.05, 0) is 71.6 Å². The van der Waals surface area contributed by atoms with Gasteiger partial charge in [-0.1, -0.05) is 36.9 Å². The van der Waals surface area contributed by atoms with Gasteiger partial charge in [-0.25, -0.2) is 0 Å². The van der Waals surface area contributed by atoms with Crippen LogP contribution >= 0.6 is 47.8 Å². The molecule has 0 saturated heterocycles. The summed E-state index contributed by atoms with van der Waals surface area (Å²) in [6.07, 6.45) is 1.61. The van der Waals surface area contributed by atoms with Crippen LogP contribution in [0.2, 0.25) is 0 Å².